The zero-order valence-electron chi connectivity index (χ0n) is 10.2. The van der Waals surface area contributed by atoms with Crippen LogP contribution in [0.2, 0.25) is 5.02 Å². The quantitative estimate of drug-likeness (QED) is 0.855. The van der Waals surface area contributed by atoms with Crippen molar-refractivity contribution in [3.05, 3.63) is 53.1 Å². The Morgan fingerprint density at radius 3 is 2.37 bits per heavy atom. The van der Waals surface area contributed by atoms with E-state index in [4.69, 9.17) is 17.3 Å². The molecule has 19 heavy (non-hydrogen) atoms. The summed E-state index contributed by atoms with van der Waals surface area (Å²) in [4.78, 5) is 0.138. The first-order valence-electron chi connectivity index (χ1n) is 5.53. The fraction of sp³-hybridized carbons (Fsp3) is 0.0769. The molecule has 2 rings (SSSR count). The largest absolute Gasteiger partial charge is 0.399 e. The number of aryl methyl sites for hydroxylation is 1. The second kappa shape index (κ2) is 5.11. The molecule has 0 fully saturated rings. The highest BCUT2D eigenvalue weighted by atomic mass is 35.5. The van der Waals surface area contributed by atoms with E-state index in [1.54, 1.807) is 12.1 Å². The minimum Gasteiger partial charge on any atom is -0.399 e. The van der Waals surface area contributed by atoms with Gasteiger partial charge >= 0.3 is 0 Å². The highest BCUT2D eigenvalue weighted by Gasteiger charge is 2.15. The Morgan fingerprint density at radius 2 is 1.74 bits per heavy atom. The third-order valence-corrected chi connectivity index (χ3v) is 4.27. The predicted molar refractivity (Wildman–Crippen MR) is 77.9 cm³/mol. The number of hydrogen-bond donors (Lipinski definition) is 2. The zero-order chi connectivity index (χ0) is 14.0. The Kier molecular flexibility index (Phi) is 3.68. The normalized spacial score (nSPS) is 11.3. The lowest BCUT2D eigenvalue weighted by atomic mass is 10.2. The van der Waals surface area contributed by atoms with Crippen molar-refractivity contribution in [2.75, 3.05) is 10.5 Å². The SMILES string of the molecule is Cc1ccc(Cl)c(NS(=O)(=O)c2ccc(N)cc2)c1. The van der Waals surface area contributed by atoms with Gasteiger partial charge in [0.25, 0.3) is 10.0 Å². The first-order valence-corrected chi connectivity index (χ1v) is 7.39. The maximum absolute atomic E-state index is 12.2. The summed E-state index contributed by atoms with van der Waals surface area (Å²) in [6.07, 6.45) is 0. The molecule has 4 nitrogen and oxygen atoms in total. The third-order valence-electron chi connectivity index (χ3n) is 2.56. The van der Waals surface area contributed by atoms with Crippen LogP contribution in [0.3, 0.4) is 0 Å². The summed E-state index contributed by atoms with van der Waals surface area (Å²) < 4.78 is 26.8. The molecule has 0 aliphatic carbocycles. The average Bonchev–Trinajstić information content (AvgIpc) is 2.34. The van der Waals surface area contributed by atoms with Crippen molar-refractivity contribution in [3.8, 4) is 0 Å². The molecule has 0 amide bonds. The topological polar surface area (TPSA) is 72.2 Å². The fourth-order valence-corrected chi connectivity index (χ4v) is 2.86. The van der Waals surface area contributed by atoms with E-state index in [0.717, 1.165) is 5.56 Å². The number of nitrogens with two attached hydrogens (primary N) is 1. The van der Waals surface area contributed by atoms with Crippen LogP contribution in [0.25, 0.3) is 0 Å². The molecule has 6 heteroatoms. The second-order valence-electron chi connectivity index (χ2n) is 4.16. The van der Waals surface area contributed by atoms with Crippen LogP contribution in [0.4, 0.5) is 11.4 Å². The average molecular weight is 297 g/mol. The molecule has 0 aliphatic heterocycles. The summed E-state index contributed by atoms with van der Waals surface area (Å²) in [7, 11) is -3.66. The van der Waals surface area contributed by atoms with Gasteiger partial charge in [-0.1, -0.05) is 17.7 Å². The van der Waals surface area contributed by atoms with Gasteiger partial charge in [0.05, 0.1) is 15.6 Å². The van der Waals surface area contributed by atoms with E-state index >= 15 is 0 Å². The minimum absolute atomic E-state index is 0.138. The van der Waals surface area contributed by atoms with Crippen molar-refractivity contribution in [2.45, 2.75) is 11.8 Å². The zero-order valence-corrected chi connectivity index (χ0v) is 11.8. The van der Waals surface area contributed by atoms with Gasteiger partial charge in [-0.2, -0.15) is 0 Å². The molecule has 0 saturated heterocycles. The number of anilines is 2. The number of benzene rings is 2. The molecular weight excluding hydrogens is 284 g/mol. The number of nitrogen functional groups attached to an aromatic ring is 1. The molecule has 3 N–H and O–H groups in total. The van der Waals surface area contributed by atoms with Crippen molar-refractivity contribution in [3.63, 3.8) is 0 Å². The molecule has 0 bridgehead atoms. The number of hydrogen-bond acceptors (Lipinski definition) is 3. The van der Waals surface area contributed by atoms with Gasteiger partial charge in [-0.3, -0.25) is 4.72 Å². The predicted octanol–water partition coefficient (Wildman–Crippen LogP) is 3.03. The summed E-state index contributed by atoms with van der Waals surface area (Å²) in [6, 6.07) is 11.1. The summed E-state index contributed by atoms with van der Waals surface area (Å²) in [5.41, 5.74) is 7.31. The van der Waals surface area contributed by atoms with Gasteiger partial charge in [0.2, 0.25) is 0 Å². The first-order chi connectivity index (χ1) is 8.88. The molecule has 0 aliphatic rings. The Hall–Kier alpha value is -1.72. The van der Waals surface area contributed by atoms with Gasteiger partial charge in [0.15, 0.2) is 0 Å². The second-order valence-corrected chi connectivity index (χ2v) is 6.25. The van der Waals surface area contributed by atoms with Gasteiger partial charge in [-0.15, -0.1) is 0 Å². The van der Waals surface area contributed by atoms with Gasteiger partial charge in [0.1, 0.15) is 0 Å². The lowest BCUT2D eigenvalue weighted by Gasteiger charge is -2.10. The molecule has 0 saturated carbocycles. The van der Waals surface area contributed by atoms with Crippen LogP contribution < -0.4 is 10.5 Å². The van der Waals surface area contributed by atoms with E-state index in [0.29, 0.717) is 16.4 Å². The van der Waals surface area contributed by atoms with E-state index in [1.807, 2.05) is 13.0 Å². The number of rotatable bonds is 3. The Balaban J connectivity index is 2.36. The molecular formula is C13H13ClN2O2S. The number of sulfonamides is 1. The molecule has 2 aromatic carbocycles. The number of halogens is 1. The monoisotopic (exact) mass is 296 g/mol. The smallest absolute Gasteiger partial charge is 0.261 e. The van der Waals surface area contributed by atoms with Crippen molar-refractivity contribution >= 4 is 33.0 Å². The Labute approximate surface area is 117 Å². The van der Waals surface area contributed by atoms with E-state index in [-0.39, 0.29) is 4.90 Å². The van der Waals surface area contributed by atoms with Crippen molar-refractivity contribution < 1.29 is 8.42 Å². The van der Waals surface area contributed by atoms with Gasteiger partial charge in [-0.25, -0.2) is 8.42 Å². The van der Waals surface area contributed by atoms with Gasteiger partial charge < -0.3 is 5.73 Å². The summed E-state index contributed by atoms with van der Waals surface area (Å²) in [5, 5.41) is 0.352. The van der Waals surface area contributed by atoms with Crippen molar-refractivity contribution in [1.82, 2.24) is 0 Å². The van der Waals surface area contributed by atoms with Crippen LogP contribution in [0.5, 0.6) is 0 Å². The molecule has 0 heterocycles. The molecule has 0 spiro atoms. The summed E-state index contributed by atoms with van der Waals surface area (Å²) >= 11 is 5.97. The standard InChI is InChI=1S/C13H13ClN2O2S/c1-9-2-7-12(14)13(8-9)16-19(17,18)11-5-3-10(15)4-6-11/h2-8,16H,15H2,1H3. The van der Waals surface area contributed by atoms with Crippen molar-refractivity contribution in [1.29, 1.82) is 0 Å². The molecule has 2 aromatic rings. The van der Waals surface area contributed by atoms with Crippen LogP contribution in [0, 0.1) is 6.92 Å². The van der Waals surface area contributed by atoms with Gasteiger partial charge in [-0.05, 0) is 48.9 Å². The Morgan fingerprint density at radius 1 is 1.11 bits per heavy atom. The number of nitrogens with one attached hydrogen (secondary N) is 1. The van der Waals surface area contributed by atoms with Crippen LogP contribution in [-0.2, 0) is 10.0 Å². The van der Waals surface area contributed by atoms with E-state index in [1.165, 1.54) is 24.3 Å². The van der Waals surface area contributed by atoms with E-state index < -0.39 is 10.0 Å². The lowest BCUT2D eigenvalue weighted by molar-refractivity contribution is 0.601. The fourth-order valence-electron chi connectivity index (χ4n) is 1.57. The van der Waals surface area contributed by atoms with Crippen molar-refractivity contribution in [2.24, 2.45) is 0 Å². The molecule has 100 valence electrons. The van der Waals surface area contributed by atoms with Crippen LogP contribution in [0.1, 0.15) is 5.56 Å². The molecule has 0 atom stereocenters. The highest BCUT2D eigenvalue weighted by Crippen LogP contribution is 2.25. The summed E-state index contributed by atoms with van der Waals surface area (Å²) in [5.74, 6) is 0. The third kappa shape index (κ3) is 3.19. The molecule has 0 radical (unpaired) electrons. The maximum Gasteiger partial charge on any atom is 0.261 e. The van der Waals surface area contributed by atoms with E-state index in [9.17, 15) is 8.42 Å². The molecule has 0 aromatic heterocycles. The maximum atomic E-state index is 12.2. The first kappa shape index (κ1) is 13.7. The van der Waals surface area contributed by atoms with E-state index in [2.05, 4.69) is 4.72 Å². The lowest BCUT2D eigenvalue weighted by Crippen LogP contribution is -2.13. The minimum atomic E-state index is -3.66. The van der Waals surface area contributed by atoms with Crippen LogP contribution >= 0.6 is 11.6 Å². The van der Waals surface area contributed by atoms with Gasteiger partial charge in [0, 0.05) is 5.69 Å². The van der Waals surface area contributed by atoms with Crippen LogP contribution in [-0.4, -0.2) is 8.42 Å². The summed E-state index contributed by atoms with van der Waals surface area (Å²) in [6.45, 7) is 1.86. The Bertz CT molecular complexity index is 697. The van der Waals surface area contributed by atoms with Crippen LogP contribution in [0.15, 0.2) is 47.4 Å². The molecule has 0 unspecified atom stereocenters. The highest BCUT2D eigenvalue weighted by molar-refractivity contribution is 7.92.